The molecule has 2 rings (SSSR count). The normalized spacial score (nSPS) is 10.7. The summed E-state index contributed by atoms with van der Waals surface area (Å²) >= 11 is 0. The van der Waals surface area contributed by atoms with Gasteiger partial charge in [0, 0.05) is 5.56 Å². The van der Waals surface area contributed by atoms with E-state index in [-0.39, 0.29) is 0 Å². The third-order valence-electron chi connectivity index (χ3n) is 3.66. The summed E-state index contributed by atoms with van der Waals surface area (Å²) in [6, 6.07) is 4.37. The number of anilines is 1. The number of hydrogen-bond acceptors (Lipinski definition) is 3. The van der Waals surface area contributed by atoms with Gasteiger partial charge in [0.25, 0.3) is 0 Å². The number of nitrogens with zero attached hydrogens (tertiary/aromatic N) is 2. The number of benzene rings is 1. The standard InChI is InChI=1S/C15H19N3/c1-8-6-10(3)13(7-9(8)2)14-11(4)12(5)15(16)18-17-14/h6-7H,1-5H3,(H2,16,18). The number of rotatable bonds is 1. The fourth-order valence-corrected chi connectivity index (χ4v) is 2.10. The molecule has 2 aromatic rings. The minimum atomic E-state index is 0.512. The van der Waals surface area contributed by atoms with Crippen LogP contribution in [0.1, 0.15) is 27.8 Å². The Balaban J connectivity index is 2.70. The van der Waals surface area contributed by atoms with Crippen molar-refractivity contribution in [2.45, 2.75) is 34.6 Å². The monoisotopic (exact) mass is 241 g/mol. The maximum absolute atomic E-state index is 5.79. The van der Waals surface area contributed by atoms with E-state index in [4.69, 9.17) is 5.73 Å². The van der Waals surface area contributed by atoms with Crippen LogP contribution in [0.5, 0.6) is 0 Å². The van der Waals surface area contributed by atoms with Crippen molar-refractivity contribution in [3.63, 3.8) is 0 Å². The molecule has 0 unspecified atom stereocenters. The van der Waals surface area contributed by atoms with Gasteiger partial charge in [-0.1, -0.05) is 6.07 Å². The highest BCUT2D eigenvalue weighted by Crippen LogP contribution is 2.29. The van der Waals surface area contributed by atoms with Gasteiger partial charge >= 0.3 is 0 Å². The Morgan fingerprint density at radius 1 is 0.778 bits per heavy atom. The van der Waals surface area contributed by atoms with Crippen LogP contribution in [0.3, 0.4) is 0 Å². The Bertz CT molecular complexity index is 616. The number of nitrogen functional groups attached to an aromatic ring is 1. The van der Waals surface area contributed by atoms with E-state index in [2.05, 4.69) is 43.1 Å². The zero-order valence-electron chi connectivity index (χ0n) is 11.6. The van der Waals surface area contributed by atoms with Crippen LogP contribution in [0.4, 0.5) is 5.82 Å². The van der Waals surface area contributed by atoms with Crippen molar-refractivity contribution in [3.8, 4) is 11.3 Å². The summed E-state index contributed by atoms with van der Waals surface area (Å²) in [5.74, 6) is 0.512. The summed E-state index contributed by atoms with van der Waals surface area (Å²) in [6.45, 7) is 10.4. The van der Waals surface area contributed by atoms with Gasteiger partial charge in [-0.05, 0) is 68.5 Å². The largest absolute Gasteiger partial charge is 0.382 e. The second kappa shape index (κ2) is 4.41. The molecule has 1 heterocycles. The lowest BCUT2D eigenvalue weighted by Crippen LogP contribution is -2.03. The third kappa shape index (κ3) is 1.96. The van der Waals surface area contributed by atoms with E-state index >= 15 is 0 Å². The highest BCUT2D eigenvalue weighted by Gasteiger charge is 2.12. The van der Waals surface area contributed by atoms with Gasteiger partial charge in [0.2, 0.25) is 0 Å². The SMILES string of the molecule is Cc1cc(C)c(-c2nnc(N)c(C)c2C)cc1C. The topological polar surface area (TPSA) is 51.8 Å². The average Bonchev–Trinajstić information content (AvgIpc) is 2.32. The van der Waals surface area contributed by atoms with Crippen LogP contribution in [-0.4, -0.2) is 10.2 Å². The van der Waals surface area contributed by atoms with Crippen LogP contribution in [0.15, 0.2) is 12.1 Å². The van der Waals surface area contributed by atoms with Crippen LogP contribution in [0.25, 0.3) is 11.3 Å². The smallest absolute Gasteiger partial charge is 0.149 e. The van der Waals surface area contributed by atoms with E-state index in [1.807, 2.05) is 13.8 Å². The quantitative estimate of drug-likeness (QED) is 0.833. The van der Waals surface area contributed by atoms with Gasteiger partial charge in [-0.15, -0.1) is 10.2 Å². The molecule has 2 N–H and O–H groups in total. The number of aromatic nitrogens is 2. The highest BCUT2D eigenvalue weighted by atomic mass is 15.1. The Kier molecular flexibility index (Phi) is 3.07. The number of nitrogens with two attached hydrogens (primary N) is 1. The first-order valence-electron chi connectivity index (χ1n) is 6.09. The van der Waals surface area contributed by atoms with Crippen LogP contribution in [0, 0.1) is 34.6 Å². The second-order valence-corrected chi connectivity index (χ2v) is 4.94. The molecular weight excluding hydrogens is 222 g/mol. The summed E-state index contributed by atoms with van der Waals surface area (Å²) in [7, 11) is 0. The summed E-state index contributed by atoms with van der Waals surface area (Å²) < 4.78 is 0. The summed E-state index contributed by atoms with van der Waals surface area (Å²) in [5, 5.41) is 8.30. The van der Waals surface area contributed by atoms with Crippen molar-refractivity contribution in [2.75, 3.05) is 5.73 Å². The molecule has 1 aromatic carbocycles. The zero-order chi connectivity index (χ0) is 13.4. The van der Waals surface area contributed by atoms with E-state index in [9.17, 15) is 0 Å². The molecule has 1 aromatic heterocycles. The Labute approximate surface area is 108 Å². The van der Waals surface area contributed by atoms with E-state index in [0.717, 1.165) is 22.4 Å². The maximum atomic E-state index is 5.79. The first-order valence-corrected chi connectivity index (χ1v) is 6.09. The number of aryl methyl sites for hydroxylation is 3. The van der Waals surface area contributed by atoms with Crippen molar-refractivity contribution >= 4 is 5.82 Å². The van der Waals surface area contributed by atoms with Gasteiger partial charge in [0.05, 0.1) is 5.69 Å². The molecule has 0 bridgehead atoms. The Morgan fingerprint density at radius 3 is 2.06 bits per heavy atom. The van der Waals surface area contributed by atoms with Crippen molar-refractivity contribution in [1.29, 1.82) is 0 Å². The molecule has 0 fully saturated rings. The molecule has 3 heteroatoms. The molecule has 0 saturated carbocycles. The lowest BCUT2D eigenvalue weighted by molar-refractivity contribution is 1.01. The lowest BCUT2D eigenvalue weighted by Gasteiger charge is -2.13. The fraction of sp³-hybridized carbons (Fsp3) is 0.333. The maximum Gasteiger partial charge on any atom is 0.149 e. The predicted molar refractivity (Wildman–Crippen MR) is 75.6 cm³/mol. The van der Waals surface area contributed by atoms with Crippen molar-refractivity contribution < 1.29 is 0 Å². The third-order valence-corrected chi connectivity index (χ3v) is 3.66. The van der Waals surface area contributed by atoms with Gasteiger partial charge in [-0.2, -0.15) is 0 Å². The molecule has 0 aliphatic heterocycles. The van der Waals surface area contributed by atoms with Gasteiger partial charge in [-0.25, -0.2) is 0 Å². The second-order valence-electron chi connectivity index (χ2n) is 4.94. The van der Waals surface area contributed by atoms with Crippen LogP contribution in [-0.2, 0) is 0 Å². The predicted octanol–water partition coefficient (Wildman–Crippen LogP) is 3.27. The molecule has 0 aliphatic carbocycles. The fourth-order valence-electron chi connectivity index (χ4n) is 2.10. The van der Waals surface area contributed by atoms with E-state index in [1.54, 1.807) is 0 Å². The first-order chi connectivity index (χ1) is 8.41. The minimum absolute atomic E-state index is 0.512. The minimum Gasteiger partial charge on any atom is -0.382 e. The Morgan fingerprint density at radius 2 is 1.39 bits per heavy atom. The molecule has 0 saturated heterocycles. The number of hydrogen-bond donors (Lipinski definition) is 1. The van der Waals surface area contributed by atoms with E-state index < -0.39 is 0 Å². The highest BCUT2D eigenvalue weighted by molar-refractivity contribution is 5.70. The zero-order valence-corrected chi connectivity index (χ0v) is 11.6. The van der Waals surface area contributed by atoms with Gasteiger partial charge in [0.1, 0.15) is 5.82 Å². The molecule has 3 nitrogen and oxygen atoms in total. The molecule has 0 atom stereocenters. The van der Waals surface area contributed by atoms with E-state index in [1.165, 1.54) is 16.7 Å². The van der Waals surface area contributed by atoms with Crippen LogP contribution >= 0.6 is 0 Å². The summed E-state index contributed by atoms with van der Waals surface area (Å²) in [4.78, 5) is 0. The lowest BCUT2D eigenvalue weighted by atomic mass is 9.95. The average molecular weight is 241 g/mol. The van der Waals surface area contributed by atoms with Crippen molar-refractivity contribution in [2.24, 2.45) is 0 Å². The molecule has 18 heavy (non-hydrogen) atoms. The van der Waals surface area contributed by atoms with Crippen molar-refractivity contribution in [3.05, 3.63) is 39.9 Å². The Hall–Kier alpha value is -1.90. The van der Waals surface area contributed by atoms with E-state index in [0.29, 0.717) is 5.82 Å². The summed E-state index contributed by atoms with van der Waals surface area (Å²) in [6.07, 6.45) is 0. The molecule has 0 amide bonds. The van der Waals surface area contributed by atoms with Gasteiger partial charge in [-0.3, -0.25) is 0 Å². The van der Waals surface area contributed by atoms with Gasteiger partial charge < -0.3 is 5.73 Å². The van der Waals surface area contributed by atoms with Gasteiger partial charge in [0.15, 0.2) is 0 Å². The molecular formula is C15H19N3. The first kappa shape index (κ1) is 12.6. The van der Waals surface area contributed by atoms with Crippen molar-refractivity contribution in [1.82, 2.24) is 10.2 Å². The molecule has 0 aliphatic rings. The summed E-state index contributed by atoms with van der Waals surface area (Å²) in [5.41, 5.74) is 13.8. The molecule has 0 spiro atoms. The van der Waals surface area contributed by atoms with Crippen LogP contribution < -0.4 is 5.73 Å². The molecule has 0 radical (unpaired) electrons. The molecule has 94 valence electrons. The van der Waals surface area contributed by atoms with Crippen LogP contribution in [0.2, 0.25) is 0 Å².